The van der Waals surface area contributed by atoms with Crippen LogP contribution in [0.25, 0.3) is 22.4 Å². The third kappa shape index (κ3) is 4.75. The van der Waals surface area contributed by atoms with Crippen LogP contribution in [0.4, 0.5) is 0 Å². The van der Waals surface area contributed by atoms with E-state index in [4.69, 9.17) is 4.74 Å². The lowest BCUT2D eigenvalue weighted by Gasteiger charge is -2.19. The van der Waals surface area contributed by atoms with Crippen molar-refractivity contribution in [3.05, 3.63) is 71.3 Å². The first-order chi connectivity index (χ1) is 14.2. The fraction of sp³-hybridized carbons (Fsp3) is 0.269. The number of Topliss-reactive ketones (excluding diaryl/α,β-unsaturated/α-hetero) is 1. The number of aromatic nitrogens is 1. The molecule has 0 saturated heterocycles. The average molecular weight is 399 g/mol. The number of carbonyl (C=O) groups excluding carboxylic acids is 1. The van der Waals surface area contributed by atoms with E-state index < -0.39 is 0 Å². The number of carbonyl (C=O) groups is 1. The van der Waals surface area contributed by atoms with Crippen molar-refractivity contribution in [1.82, 2.24) is 4.98 Å². The van der Waals surface area contributed by atoms with Gasteiger partial charge < -0.3 is 4.74 Å². The Balaban J connectivity index is 2.17. The zero-order chi connectivity index (χ0) is 21.9. The van der Waals surface area contributed by atoms with Crippen LogP contribution in [0, 0.1) is 18.3 Å². The van der Waals surface area contributed by atoms with E-state index in [1.54, 1.807) is 0 Å². The fourth-order valence-corrected chi connectivity index (χ4v) is 3.15. The van der Waals surface area contributed by atoms with Gasteiger partial charge in [-0.1, -0.05) is 74.9 Å². The van der Waals surface area contributed by atoms with Gasteiger partial charge in [0.25, 0.3) is 0 Å². The number of ketones is 1. The molecule has 30 heavy (non-hydrogen) atoms. The lowest BCUT2D eigenvalue weighted by molar-refractivity contribution is -0.119. The first kappa shape index (κ1) is 21.3. The highest BCUT2D eigenvalue weighted by Gasteiger charge is 2.18. The Morgan fingerprint density at radius 1 is 1.03 bits per heavy atom. The second-order valence-electron chi connectivity index (χ2n) is 8.53. The van der Waals surface area contributed by atoms with Crippen LogP contribution in [0.3, 0.4) is 0 Å². The topological polar surface area (TPSA) is 63.0 Å². The molecule has 1 aromatic heterocycles. The number of benzene rings is 2. The van der Waals surface area contributed by atoms with Gasteiger partial charge in [-0.2, -0.15) is 5.26 Å². The van der Waals surface area contributed by atoms with Gasteiger partial charge in [-0.05, 0) is 36.5 Å². The van der Waals surface area contributed by atoms with E-state index in [2.05, 4.69) is 44.0 Å². The first-order valence-corrected chi connectivity index (χ1v) is 9.94. The molecule has 0 bridgehead atoms. The van der Waals surface area contributed by atoms with E-state index >= 15 is 0 Å². The Labute approximate surface area is 178 Å². The van der Waals surface area contributed by atoms with Crippen molar-refractivity contribution in [2.24, 2.45) is 0 Å². The summed E-state index contributed by atoms with van der Waals surface area (Å²) < 4.78 is 5.63. The summed E-state index contributed by atoms with van der Waals surface area (Å²) in [5.74, 6) is 0.0539. The summed E-state index contributed by atoms with van der Waals surface area (Å²) in [6, 6.07) is 20.3. The minimum absolute atomic E-state index is 0.0393. The van der Waals surface area contributed by atoms with Gasteiger partial charge in [0.15, 0.2) is 5.78 Å². The summed E-state index contributed by atoms with van der Waals surface area (Å²) in [5, 5.41) is 9.85. The number of hydrogen-bond acceptors (Lipinski definition) is 4. The van der Waals surface area contributed by atoms with Crippen molar-refractivity contribution in [1.29, 1.82) is 5.26 Å². The van der Waals surface area contributed by atoms with Gasteiger partial charge in [0.1, 0.15) is 18.2 Å². The molecule has 0 atom stereocenters. The molecule has 0 fully saturated rings. The smallest absolute Gasteiger partial charge is 0.233 e. The van der Waals surface area contributed by atoms with Gasteiger partial charge >= 0.3 is 0 Å². The number of nitriles is 1. The molecule has 3 aromatic rings. The zero-order valence-electron chi connectivity index (χ0n) is 18.1. The molecule has 0 spiro atoms. The van der Waals surface area contributed by atoms with Crippen LogP contribution in [0.2, 0.25) is 0 Å². The monoisotopic (exact) mass is 398 g/mol. The fourth-order valence-electron chi connectivity index (χ4n) is 3.15. The quantitative estimate of drug-likeness (QED) is 0.540. The van der Waals surface area contributed by atoms with Crippen molar-refractivity contribution in [2.75, 3.05) is 6.61 Å². The van der Waals surface area contributed by atoms with Crippen LogP contribution >= 0.6 is 0 Å². The molecule has 0 aliphatic carbocycles. The second kappa shape index (κ2) is 8.51. The predicted molar refractivity (Wildman–Crippen MR) is 119 cm³/mol. The summed E-state index contributed by atoms with van der Waals surface area (Å²) in [4.78, 5) is 16.0. The number of ether oxygens (including phenoxy) is 1. The molecule has 4 nitrogen and oxygen atoms in total. The molecule has 4 heteroatoms. The van der Waals surface area contributed by atoms with E-state index in [0.717, 1.165) is 22.3 Å². The summed E-state index contributed by atoms with van der Waals surface area (Å²) in [6.45, 7) is 9.85. The van der Waals surface area contributed by atoms with Gasteiger partial charge in [-0.15, -0.1) is 0 Å². The molecule has 0 N–H and O–H groups in total. The van der Waals surface area contributed by atoms with E-state index in [1.807, 2.05) is 49.4 Å². The molecule has 2 aromatic carbocycles. The Bertz CT molecular complexity index is 1100. The molecule has 0 aliphatic rings. The molecule has 0 radical (unpaired) electrons. The largest absolute Gasteiger partial charge is 0.469 e. The van der Waals surface area contributed by atoms with Crippen molar-refractivity contribution in [3.8, 4) is 34.3 Å². The Morgan fingerprint density at radius 3 is 2.17 bits per heavy atom. The predicted octanol–water partition coefficient (Wildman–Crippen LogP) is 5.86. The summed E-state index contributed by atoms with van der Waals surface area (Å²) in [7, 11) is 0. The minimum atomic E-state index is -0.127. The molecule has 0 unspecified atom stereocenters. The number of rotatable bonds is 5. The molecule has 0 saturated carbocycles. The first-order valence-electron chi connectivity index (χ1n) is 9.94. The van der Waals surface area contributed by atoms with E-state index in [0.29, 0.717) is 11.3 Å². The molecular weight excluding hydrogens is 372 g/mol. The third-order valence-corrected chi connectivity index (χ3v) is 4.92. The average Bonchev–Trinajstić information content (AvgIpc) is 2.71. The molecule has 3 rings (SSSR count). The third-order valence-electron chi connectivity index (χ3n) is 4.92. The van der Waals surface area contributed by atoms with Crippen LogP contribution in [-0.2, 0) is 10.2 Å². The van der Waals surface area contributed by atoms with Crippen LogP contribution in [0.15, 0.2) is 54.6 Å². The summed E-state index contributed by atoms with van der Waals surface area (Å²) >= 11 is 0. The Morgan fingerprint density at radius 2 is 1.63 bits per heavy atom. The normalized spacial score (nSPS) is 11.1. The molecule has 0 amide bonds. The Kier molecular flexibility index (Phi) is 6.03. The minimum Gasteiger partial charge on any atom is -0.469 e. The van der Waals surface area contributed by atoms with Gasteiger partial charge in [0, 0.05) is 11.1 Å². The van der Waals surface area contributed by atoms with Crippen LogP contribution in [0.5, 0.6) is 5.88 Å². The highest BCUT2D eigenvalue weighted by atomic mass is 16.5. The molecule has 1 heterocycles. The van der Waals surface area contributed by atoms with Crippen molar-refractivity contribution >= 4 is 5.78 Å². The SMILES string of the molecule is CC(=O)COc1nc(-c2ccc(C)cc2)cc(-c2ccc(C(C)(C)C)cc2)c1C#N. The maximum Gasteiger partial charge on any atom is 0.233 e. The Hall–Kier alpha value is -3.45. The zero-order valence-corrected chi connectivity index (χ0v) is 18.1. The second-order valence-corrected chi connectivity index (χ2v) is 8.53. The maximum absolute atomic E-state index is 11.5. The highest BCUT2D eigenvalue weighted by Crippen LogP contribution is 2.34. The lowest BCUT2D eigenvalue weighted by Crippen LogP contribution is -2.11. The molecule has 152 valence electrons. The standard InChI is InChI=1S/C26H26N2O2/c1-17-6-8-20(9-7-17)24-14-22(19-10-12-21(13-11-19)26(3,4)5)23(15-27)25(28-24)30-16-18(2)29/h6-14H,16H2,1-5H3. The van der Waals surface area contributed by atoms with Gasteiger partial charge in [-0.3, -0.25) is 4.79 Å². The van der Waals surface area contributed by atoms with Crippen LogP contribution < -0.4 is 4.74 Å². The maximum atomic E-state index is 11.5. The van der Waals surface area contributed by atoms with Crippen molar-refractivity contribution in [3.63, 3.8) is 0 Å². The number of aryl methyl sites for hydroxylation is 1. The number of pyridine rings is 1. The van der Waals surface area contributed by atoms with E-state index in [9.17, 15) is 10.1 Å². The molecule has 0 aliphatic heterocycles. The van der Waals surface area contributed by atoms with E-state index in [1.165, 1.54) is 12.5 Å². The van der Waals surface area contributed by atoms with Gasteiger partial charge in [-0.25, -0.2) is 4.98 Å². The summed E-state index contributed by atoms with van der Waals surface area (Å²) in [6.07, 6.45) is 0. The molecular formula is C26H26N2O2. The van der Waals surface area contributed by atoms with Gasteiger partial charge in [0.05, 0.1) is 5.69 Å². The number of nitrogens with zero attached hydrogens (tertiary/aromatic N) is 2. The lowest BCUT2D eigenvalue weighted by atomic mass is 9.86. The van der Waals surface area contributed by atoms with E-state index in [-0.39, 0.29) is 23.7 Å². The van der Waals surface area contributed by atoms with Crippen LogP contribution in [-0.4, -0.2) is 17.4 Å². The van der Waals surface area contributed by atoms with Crippen molar-refractivity contribution < 1.29 is 9.53 Å². The van der Waals surface area contributed by atoms with Crippen LogP contribution in [0.1, 0.15) is 44.4 Å². The highest BCUT2D eigenvalue weighted by molar-refractivity contribution is 5.79. The summed E-state index contributed by atoms with van der Waals surface area (Å²) in [5.41, 5.74) is 6.00. The number of hydrogen-bond donors (Lipinski definition) is 0. The van der Waals surface area contributed by atoms with Gasteiger partial charge in [0.2, 0.25) is 5.88 Å². The van der Waals surface area contributed by atoms with Crippen molar-refractivity contribution in [2.45, 2.75) is 40.0 Å².